The molecule has 0 amide bonds. The SMILES string of the molecule is CCCC(C)OCC(O)c1cc(C)cc(C)c1. The van der Waals surface area contributed by atoms with Gasteiger partial charge in [0, 0.05) is 0 Å². The quantitative estimate of drug-likeness (QED) is 0.818. The van der Waals surface area contributed by atoms with Crippen LogP contribution in [0.15, 0.2) is 18.2 Å². The van der Waals surface area contributed by atoms with Crippen LogP contribution in [0, 0.1) is 13.8 Å². The molecule has 0 aromatic heterocycles. The number of rotatable bonds is 6. The summed E-state index contributed by atoms with van der Waals surface area (Å²) in [5, 5.41) is 10.1. The molecule has 96 valence electrons. The maximum absolute atomic E-state index is 10.1. The van der Waals surface area contributed by atoms with Crippen molar-refractivity contribution in [3.63, 3.8) is 0 Å². The van der Waals surface area contributed by atoms with Crippen LogP contribution in [-0.4, -0.2) is 17.8 Å². The highest BCUT2D eigenvalue weighted by Crippen LogP contribution is 2.18. The van der Waals surface area contributed by atoms with E-state index in [-0.39, 0.29) is 6.10 Å². The summed E-state index contributed by atoms with van der Waals surface area (Å²) in [6.45, 7) is 8.66. The zero-order valence-electron chi connectivity index (χ0n) is 11.4. The summed E-state index contributed by atoms with van der Waals surface area (Å²) >= 11 is 0. The Kier molecular flexibility index (Phi) is 5.66. The molecular weight excluding hydrogens is 212 g/mol. The Hall–Kier alpha value is -0.860. The first-order chi connectivity index (χ1) is 8.02. The van der Waals surface area contributed by atoms with Gasteiger partial charge in [0.15, 0.2) is 0 Å². The Labute approximate surface area is 105 Å². The van der Waals surface area contributed by atoms with Crippen molar-refractivity contribution in [2.75, 3.05) is 6.61 Å². The van der Waals surface area contributed by atoms with Gasteiger partial charge in [-0.15, -0.1) is 0 Å². The molecule has 2 heteroatoms. The Morgan fingerprint density at radius 3 is 2.29 bits per heavy atom. The molecule has 1 rings (SSSR count). The second-order valence-electron chi connectivity index (χ2n) is 4.87. The van der Waals surface area contributed by atoms with E-state index >= 15 is 0 Å². The Bertz CT molecular complexity index is 327. The van der Waals surface area contributed by atoms with Crippen molar-refractivity contribution < 1.29 is 9.84 Å². The summed E-state index contributed by atoms with van der Waals surface area (Å²) < 4.78 is 5.63. The summed E-state index contributed by atoms with van der Waals surface area (Å²) in [6, 6.07) is 6.15. The first kappa shape index (κ1) is 14.2. The van der Waals surface area contributed by atoms with Crippen LogP contribution in [0.5, 0.6) is 0 Å². The number of aliphatic hydroxyl groups is 1. The van der Waals surface area contributed by atoms with Gasteiger partial charge >= 0.3 is 0 Å². The summed E-state index contributed by atoms with van der Waals surface area (Å²) in [6.07, 6.45) is 1.86. The van der Waals surface area contributed by atoms with E-state index in [1.165, 1.54) is 11.1 Å². The molecule has 0 heterocycles. The highest BCUT2D eigenvalue weighted by molar-refractivity contribution is 5.29. The van der Waals surface area contributed by atoms with E-state index in [9.17, 15) is 5.11 Å². The lowest BCUT2D eigenvalue weighted by Crippen LogP contribution is -2.14. The highest BCUT2D eigenvalue weighted by Gasteiger charge is 2.10. The van der Waals surface area contributed by atoms with E-state index < -0.39 is 6.10 Å². The second-order valence-corrected chi connectivity index (χ2v) is 4.87. The molecule has 0 aliphatic carbocycles. The summed E-state index contributed by atoms with van der Waals surface area (Å²) in [5.41, 5.74) is 3.31. The van der Waals surface area contributed by atoms with Gasteiger partial charge in [-0.2, -0.15) is 0 Å². The van der Waals surface area contributed by atoms with Crippen LogP contribution in [-0.2, 0) is 4.74 Å². The van der Waals surface area contributed by atoms with Crippen molar-refractivity contribution in [2.24, 2.45) is 0 Å². The predicted molar refractivity (Wildman–Crippen MR) is 71.2 cm³/mol. The molecule has 0 aliphatic heterocycles. The van der Waals surface area contributed by atoms with Crippen LogP contribution in [0.2, 0.25) is 0 Å². The predicted octanol–water partition coefficient (Wildman–Crippen LogP) is 3.54. The molecule has 1 aromatic carbocycles. The van der Waals surface area contributed by atoms with Gasteiger partial charge in [0.2, 0.25) is 0 Å². The molecular formula is C15H24O2. The highest BCUT2D eigenvalue weighted by atomic mass is 16.5. The van der Waals surface area contributed by atoms with Crippen LogP contribution in [0.1, 0.15) is 49.5 Å². The van der Waals surface area contributed by atoms with E-state index in [0.717, 1.165) is 18.4 Å². The van der Waals surface area contributed by atoms with E-state index in [1.54, 1.807) is 0 Å². The number of hydrogen-bond donors (Lipinski definition) is 1. The van der Waals surface area contributed by atoms with Gasteiger partial charge < -0.3 is 9.84 Å². The van der Waals surface area contributed by atoms with Gasteiger partial charge in [0.25, 0.3) is 0 Å². The molecule has 0 spiro atoms. The molecule has 17 heavy (non-hydrogen) atoms. The number of aliphatic hydroxyl groups excluding tert-OH is 1. The smallest absolute Gasteiger partial charge is 0.102 e. The largest absolute Gasteiger partial charge is 0.386 e. The molecule has 0 saturated heterocycles. The van der Waals surface area contributed by atoms with Crippen LogP contribution in [0.4, 0.5) is 0 Å². The van der Waals surface area contributed by atoms with Crippen LogP contribution in [0.25, 0.3) is 0 Å². The van der Waals surface area contributed by atoms with Gasteiger partial charge in [-0.3, -0.25) is 0 Å². The average Bonchev–Trinajstić information content (AvgIpc) is 2.25. The third kappa shape index (κ3) is 4.88. The molecule has 2 unspecified atom stereocenters. The fraction of sp³-hybridized carbons (Fsp3) is 0.600. The summed E-state index contributed by atoms with van der Waals surface area (Å²) in [4.78, 5) is 0. The van der Waals surface area contributed by atoms with Gasteiger partial charge in [-0.25, -0.2) is 0 Å². The number of benzene rings is 1. The lowest BCUT2D eigenvalue weighted by Gasteiger charge is -2.17. The van der Waals surface area contributed by atoms with Crippen molar-refractivity contribution in [1.82, 2.24) is 0 Å². The third-order valence-electron chi connectivity index (χ3n) is 2.86. The first-order valence-electron chi connectivity index (χ1n) is 6.40. The van der Waals surface area contributed by atoms with Gasteiger partial charge in [-0.1, -0.05) is 42.7 Å². The first-order valence-corrected chi connectivity index (χ1v) is 6.40. The maximum Gasteiger partial charge on any atom is 0.102 e. The third-order valence-corrected chi connectivity index (χ3v) is 2.86. The van der Waals surface area contributed by atoms with Crippen LogP contribution >= 0.6 is 0 Å². The van der Waals surface area contributed by atoms with Gasteiger partial charge in [0.1, 0.15) is 6.10 Å². The van der Waals surface area contributed by atoms with Crippen LogP contribution in [0.3, 0.4) is 0 Å². The summed E-state index contributed by atoms with van der Waals surface area (Å²) in [5.74, 6) is 0. The molecule has 2 nitrogen and oxygen atoms in total. The van der Waals surface area contributed by atoms with Crippen LogP contribution < -0.4 is 0 Å². The standard InChI is InChI=1S/C15H24O2/c1-5-6-13(4)17-10-15(16)14-8-11(2)7-12(3)9-14/h7-9,13,15-16H,5-6,10H2,1-4H3. The van der Waals surface area contributed by atoms with E-state index in [1.807, 2.05) is 26.0 Å². The maximum atomic E-state index is 10.1. The molecule has 1 aromatic rings. The molecule has 2 atom stereocenters. The monoisotopic (exact) mass is 236 g/mol. The minimum Gasteiger partial charge on any atom is -0.386 e. The normalized spacial score (nSPS) is 14.6. The molecule has 0 saturated carbocycles. The lowest BCUT2D eigenvalue weighted by atomic mass is 10.0. The van der Waals surface area contributed by atoms with Crippen molar-refractivity contribution >= 4 is 0 Å². The molecule has 0 aliphatic rings. The molecule has 0 fully saturated rings. The topological polar surface area (TPSA) is 29.5 Å². The van der Waals surface area contributed by atoms with Crippen molar-refractivity contribution in [3.05, 3.63) is 34.9 Å². The zero-order valence-corrected chi connectivity index (χ0v) is 11.4. The van der Waals surface area contributed by atoms with Gasteiger partial charge in [-0.05, 0) is 32.8 Å². The molecule has 1 N–H and O–H groups in total. The fourth-order valence-corrected chi connectivity index (χ4v) is 2.04. The summed E-state index contributed by atoms with van der Waals surface area (Å²) in [7, 11) is 0. The van der Waals surface area contributed by atoms with E-state index in [4.69, 9.17) is 4.74 Å². The Morgan fingerprint density at radius 2 is 1.76 bits per heavy atom. The number of hydrogen-bond acceptors (Lipinski definition) is 2. The minimum atomic E-state index is -0.520. The van der Waals surface area contributed by atoms with Crippen molar-refractivity contribution in [3.8, 4) is 0 Å². The van der Waals surface area contributed by atoms with E-state index in [0.29, 0.717) is 6.61 Å². The second kappa shape index (κ2) is 6.77. The Balaban J connectivity index is 2.54. The zero-order chi connectivity index (χ0) is 12.8. The van der Waals surface area contributed by atoms with E-state index in [2.05, 4.69) is 19.9 Å². The Morgan fingerprint density at radius 1 is 1.18 bits per heavy atom. The number of aryl methyl sites for hydroxylation is 2. The molecule has 0 radical (unpaired) electrons. The van der Waals surface area contributed by atoms with Crippen molar-refractivity contribution in [2.45, 2.75) is 52.7 Å². The minimum absolute atomic E-state index is 0.223. The average molecular weight is 236 g/mol. The fourth-order valence-electron chi connectivity index (χ4n) is 2.04. The van der Waals surface area contributed by atoms with Gasteiger partial charge in [0.05, 0.1) is 12.7 Å². The lowest BCUT2D eigenvalue weighted by molar-refractivity contribution is -0.00587. The van der Waals surface area contributed by atoms with Crippen molar-refractivity contribution in [1.29, 1.82) is 0 Å². The number of ether oxygens (including phenoxy) is 1. The molecule has 0 bridgehead atoms.